The first-order chi connectivity index (χ1) is 10.2. The van der Waals surface area contributed by atoms with E-state index in [2.05, 4.69) is 39.8 Å². The Morgan fingerprint density at radius 3 is 2.50 bits per heavy atom. The zero-order valence-electron chi connectivity index (χ0n) is 14.8. The molecule has 0 aromatic heterocycles. The molecule has 0 bridgehead atoms. The topological polar surface area (TPSA) is 40.5 Å². The van der Waals surface area contributed by atoms with Crippen molar-refractivity contribution in [2.24, 2.45) is 5.92 Å². The summed E-state index contributed by atoms with van der Waals surface area (Å²) in [6.45, 7) is 10.2. The van der Waals surface area contributed by atoms with Gasteiger partial charge in [-0.3, -0.25) is 0 Å². The molecule has 2 nitrogen and oxygen atoms in total. The molecule has 0 aromatic carbocycles. The summed E-state index contributed by atoms with van der Waals surface area (Å²) >= 11 is 0. The molecule has 124 valence electrons. The maximum absolute atomic E-state index is 10.5. The van der Waals surface area contributed by atoms with Gasteiger partial charge in [0, 0.05) is 6.42 Å². The van der Waals surface area contributed by atoms with Gasteiger partial charge in [-0.25, -0.2) is 0 Å². The fourth-order valence-electron chi connectivity index (χ4n) is 2.72. The Labute approximate surface area is 135 Å². The van der Waals surface area contributed by atoms with Crippen LogP contribution in [0.4, 0.5) is 0 Å². The van der Waals surface area contributed by atoms with Gasteiger partial charge in [-0.15, -0.1) is 0 Å². The van der Waals surface area contributed by atoms with E-state index in [1.165, 1.54) is 11.1 Å². The first kappa shape index (κ1) is 18.9. The van der Waals surface area contributed by atoms with Crippen LogP contribution in [0.15, 0.2) is 47.1 Å². The van der Waals surface area contributed by atoms with Crippen LogP contribution in [0.5, 0.6) is 0 Å². The largest absolute Gasteiger partial charge is 0.389 e. The summed E-state index contributed by atoms with van der Waals surface area (Å²) in [6, 6.07) is 0. The van der Waals surface area contributed by atoms with Gasteiger partial charge in [-0.1, -0.05) is 55.4 Å². The Morgan fingerprint density at radius 2 is 1.86 bits per heavy atom. The van der Waals surface area contributed by atoms with E-state index in [1.807, 2.05) is 18.2 Å². The molecule has 1 aliphatic rings. The van der Waals surface area contributed by atoms with E-state index >= 15 is 0 Å². The second kappa shape index (κ2) is 8.50. The third-order valence-electron chi connectivity index (χ3n) is 4.17. The highest BCUT2D eigenvalue weighted by atomic mass is 16.3. The van der Waals surface area contributed by atoms with Crippen molar-refractivity contribution in [2.75, 3.05) is 0 Å². The maximum Gasteiger partial charge on any atom is 0.0827 e. The summed E-state index contributed by atoms with van der Waals surface area (Å²) < 4.78 is 0. The van der Waals surface area contributed by atoms with Crippen molar-refractivity contribution < 1.29 is 10.2 Å². The zero-order valence-corrected chi connectivity index (χ0v) is 14.8. The lowest BCUT2D eigenvalue weighted by Crippen LogP contribution is -2.30. The van der Waals surface area contributed by atoms with Gasteiger partial charge in [-0.05, 0) is 51.5 Å². The van der Waals surface area contributed by atoms with Crippen LogP contribution < -0.4 is 0 Å². The van der Waals surface area contributed by atoms with Crippen LogP contribution in [0.1, 0.15) is 60.3 Å². The number of aliphatic hydroxyl groups is 2. The molecular formula is C20H32O2. The van der Waals surface area contributed by atoms with Gasteiger partial charge in [-0.2, -0.15) is 0 Å². The number of allylic oxidation sites excluding steroid dienone is 6. The Morgan fingerprint density at radius 1 is 1.18 bits per heavy atom. The highest BCUT2D eigenvalue weighted by Gasteiger charge is 2.24. The first-order valence-electron chi connectivity index (χ1n) is 8.32. The van der Waals surface area contributed by atoms with Crippen LogP contribution in [-0.4, -0.2) is 21.9 Å². The van der Waals surface area contributed by atoms with Gasteiger partial charge in [0.25, 0.3) is 0 Å². The van der Waals surface area contributed by atoms with Gasteiger partial charge in [0.05, 0.1) is 11.7 Å². The quantitative estimate of drug-likeness (QED) is 0.689. The second-order valence-corrected chi connectivity index (χ2v) is 7.11. The summed E-state index contributed by atoms with van der Waals surface area (Å²) in [4.78, 5) is 0. The highest BCUT2D eigenvalue weighted by Crippen LogP contribution is 2.24. The molecule has 1 aliphatic carbocycles. The lowest BCUT2D eigenvalue weighted by Gasteiger charge is -2.26. The van der Waals surface area contributed by atoms with E-state index in [0.717, 1.165) is 24.8 Å². The number of hydrogen-bond donors (Lipinski definition) is 2. The molecular weight excluding hydrogens is 272 g/mol. The molecule has 0 aliphatic heterocycles. The molecule has 0 heterocycles. The highest BCUT2D eigenvalue weighted by molar-refractivity contribution is 5.23. The summed E-state index contributed by atoms with van der Waals surface area (Å²) in [5, 5.41) is 21.0. The summed E-state index contributed by atoms with van der Waals surface area (Å²) in [5.74, 6) is 0.258. The third-order valence-corrected chi connectivity index (χ3v) is 4.17. The van der Waals surface area contributed by atoms with Crippen molar-refractivity contribution in [3.05, 3.63) is 47.1 Å². The fraction of sp³-hybridized carbons (Fsp3) is 0.600. The van der Waals surface area contributed by atoms with Crippen LogP contribution in [-0.2, 0) is 0 Å². The summed E-state index contributed by atoms with van der Waals surface area (Å²) in [6.07, 6.45) is 12.9. The molecule has 22 heavy (non-hydrogen) atoms. The molecule has 2 heteroatoms. The van der Waals surface area contributed by atoms with Crippen LogP contribution in [0.3, 0.4) is 0 Å². The fourth-order valence-corrected chi connectivity index (χ4v) is 2.72. The monoisotopic (exact) mass is 304 g/mol. The van der Waals surface area contributed by atoms with Crippen molar-refractivity contribution in [2.45, 2.75) is 72.0 Å². The lowest BCUT2D eigenvalue weighted by molar-refractivity contribution is 0.0506. The van der Waals surface area contributed by atoms with Crippen LogP contribution in [0, 0.1) is 5.92 Å². The van der Waals surface area contributed by atoms with Gasteiger partial charge in [0.1, 0.15) is 0 Å². The van der Waals surface area contributed by atoms with E-state index in [1.54, 1.807) is 6.92 Å². The van der Waals surface area contributed by atoms with Crippen LogP contribution >= 0.6 is 0 Å². The molecule has 0 saturated carbocycles. The van der Waals surface area contributed by atoms with Crippen LogP contribution in [0.2, 0.25) is 0 Å². The molecule has 2 N–H and O–H groups in total. The molecule has 2 unspecified atom stereocenters. The molecule has 1 rings (SSSR count). The average molecular weight is 304 g/mol. The molecule has 2 atom stereocenters. The van der Waals surface area contributed by atoms with E-state index in [4.69, 9.17) is 0 Å². The molecule has 0 amide bonds. The first-order valence-corrected chi connectivity index (χ1v) is 8.32. The van der Waals surface area contributed by atoms with Gasteiger partial charge < -0.3 is 10.2 Å². The Bertz CT molecular complexity index is 476. The minimum Gasteiger partial charge on any atom is -0.389 e. The third kappa shape index (κ3) is 6.76. The Kier molecular flexibility index (Phi) is 7.31. The molecule has 0 spiro atoms. The minimum atomic E-state index is -0.990. The van der Waals surface area contributed by atoms with Crippen molar-refractivity contribution in [1.82, 2.24) is 0 Å². The molecule has 0 aromatic rings. The van der Waals surface area contributed by atoms with Gasteiger partial charge in [0.15, 0.2) is 0 Å². The van der Waals surface area contributed by atoms with E-state index in [9.17, 15) is 10.2 Å². The van der Waals surface area contributed by atoms with Crippen molar-refractivity contribution >= 4 is 0 Å². The Hall–Kier alpha value is -1.12. The minimum absolute atomic E-state index is 0.258. The predicted octanol–water partition coefficient (Wildman–Crippen LogP) is 4.70. The summed E-state index contributed by atoms with van der Waals surface area (Å²) in [5.41, 5.74) is 2.62. The van der Waals surface area contributed by atoms with E-state index in [0.29, 0.717) is 6.42 Å². The molecule has 0 fully saturated rings. The van der Waals surface area contributed by atoms with E-state index < -0.39 is 11.7 Å². The van der Waals surface area contributed by atoms with E-state index in [-0.39, 0.29) is 5.92 Å². The number of rotatable bonds is 1. The Balaban J connectivity index is 3.10. The second-order valence-electron chi connectivity index (χ2n) is 7.11. The molecule has 0 radical (unpaired) electrons. The lowest BCUT2D eigenvalue weighted by atomic mass is 9.88. The summed E-state index contributed by atoms with van der Waals surface area (Å²) in [7, 11) is 0. The van der Waals surface area contributed by atoms with Crippen molar-refractivity contribution in [3.8, 4) is 0 Å². The van der Waals surface area contributed by atoms with Gasteiger partial charge in [0.2, 0.25) is 0 Å². The standard InChI is InChI=1S/C20H32O2/c1-15(2)18-12-11-17(4)9-6-8-16(3)10-7-13-20(5,22)14-19(18)21/h7-8,11-13,15,19,21-22H,6,9-10,14H2,1-5H3/b13-7+,16-8+,17-11+,18-12-. The predicted molar refractivity (Wildman–Crippen MR) is 94.7 cm³/mol. The van der Waals surface area contributed by atoms with Crippen molar-refractivity contribution in [3.63, 3.8) is 0 Å². The van der Waals surface area contributed by atoms with Crippen molar-refractivity contribution in [1.29, 1.82) is 0 Å². The van der Waals surface area contributed by atoms with Crippen LogP contribution in [0.25, 0.3) is 0 Å². The molecule has 0 saturated heterocycles. The van der Waals surface area contributed by atoms with Gasteiger partial charge >= 0.3 is 0 Å². The zero-order chi connectivity index (χ0) is 16.8. The average Bonchev–Trinajstić information content (AvgIpc) is 2.36. The number of hydrogen-bond acceptors (Lipinski definition) is 2. The smallest absolute Gasteiger partial charge is 0.0827 e. The SMILES string of the molecule is C/C1=C\CC/C(C)=C/C=C(/C(C)C)C(O)CC(C)(O)/C=C/C1. The normalized spacial score (nSPS) is 37.3. The maximum atomic E-state index is 10.5. The number of aliphatic hydroxyl groups excluding tert-OH is 1.